The fourth-order valence-corrected chi connectivity index (χ4v) is 3.58. The number of rotatable bonds is 7. The lowest BCUT2D eigenvalue weighted by molar-refractivity contribution is 0.0935. The normalized spacial score (nSPS) is 11.6. The van der Waals surface area contributed by atoms with Crippen LogP contribution in [0.2, 0.25) is 0 Å². The first-order chi connectivity index (χ1) is 14.0. The fourth-order valence-electron chi connectivity index (χ4n) is 2.79. The van der Waals surface area contributed by atoms with E-state index in [4.69, 9.17) is 14.2 Å². The van der Waals surface area contributed by atoms with Crippen LogP contribution in [0.15, 0.2) is 41.8 Å². The van der Waals surface area contributed by atoms with Gasteiger partial charge in [0, 0.05) is 10.9 Å². The zero-order valence-corrected chi connectivity index (χ0v) is 17.3. The van der Waals surface area contributed by atoms with Gasteiger partial charge in [0.2, 0.25) is 0 Å². The van der Waals surface area contributed by atoms with Crippen molar-refractivity contribution >= 4 is 17.2 Å². The number of nitrogens with one attached hydrogen (secondary N) is 1. The molecular weight excluding hydrogens is 395 g/mol. The summed E-state index contributed by atoms with van der Waals surface area (Å²) < 4.78 is 29.4. The van der Waals surface area contributed by atoms with Gasteiger partial charge in [0.05, 0.1) is 27.4 Å². The predicted octanol–water partition coefficient (Wildman–Crippen LogP) is 4.47. The van der Waals surface area contributed by atoms with E-state index in [1.807, 2.05) is 12.1 Å². The number of methoxy groups -OCH3 is 3. The van der Waals surface area contributed by atoms with Gasteiger partial charge in [-0.15, -0.1) is 11.3 Å². The Morgan fingerprint density at radius 3 is 2.38 bits per heavy atom. The summed E-state index contributed by atoms with van der Waals surface area (Å²) in [6.45, 7) is 1.78. The van der Waals surface area contributed by atoms with Gasteiger partial charge in [0.1, 0.15) is 10.7 Å². The second-order valence-corrected chi connectivity index (χ2v) is 7.05. The third-order valence-electron chi connectivity index (χ3n) is 4.39. The highest BCUT2D eigenvalue weighted by atomic mass is 32.1. The van der Waals surface area contributed by atoms with Gasteiger partial charge in [-0.25, -0.2) is 9.37 Å². The highest BCUT2D eigenvalue weighted by Gasteiger charge is 2.17. The number of hydrogen-bond acceptors (Lipinski definition) is 6. The number of ether oxygens (including phenoxy) is 3. The van der Waals surface area contributed by atoms with Crippen molar-refractivity contribution in [2.45, 2.75) is 13.0 Å². The number of aromatic nitrogens is 1. The lowest BCUT2D eigenvalue weighted by atomic mass is 10.1. The molecule has 1 N–H and O–H groups in total. The van der Waals surface area contributed by atoms with Crippen molar-refractivity contribution in [2.75, 3.05) is 21.3 Å². The predicted molar refractivity (Wildman–Crippen MR) is 109 cm³/mol. The second kappa shape index (κ2) is 8.91. The number of hydrogen-bond donors (Lipinski definition) is 1. The Morgan fingerprint density at radius 2 is 1.72 bits per heavy atom. The lowest BCUT2D eigenvalue weighted by Gasteiger charge is -2.14. The minimum absolute atomic E-state index is 0.159. The van der Waals surface area contributed by atoms with Crippen LogP contribution in [0.5, 0.6) is 17.2 Å². The van der Waals surface area contributed by atoms with Crippen LogP contribution in [-0.2, 0) is 0 Å². The number of benzene rings is 2. The monoisotopic (exact) mass is 416 g/mol. The van der Waals surface area contributed by atoms with Gasteiger partial charge in [-0.05, 0) is 42.8 Å². The molecule has 0 fully saturated rings. The summed E-state index contributed by atoms with van der Waals surface area (Å²) in [4.78, 5) is 17.0. The fraction of sp³-hybridized carbons (Fsp3) is 0.238. The van der Waals surface area contributed by atoms with Gasteiger partial charge in [-0.3, -0.25) is 4.79 Å². The van der Waals surface area contributed by atoms with E-state index in [1.165, 1.54) is 30.6 Å². The van der Waals surface area contributed by atoms with Crippen LogP contribution in [0.25, 0.3) is 10.6 Å². The molecule has 0 aliphatic rings. The van der Waals surface area contributed by atoms with E-state index in [1.54, 1.807) is 38.7 Å². The molecule has 1 aromatic heterocycles. The van der Waals surface area contributed by atoms with Gasteiger partial charge < -0.3 is 19.5 Å². The maximum absolute atomic E-state index is 13.9. The molecule has 0 aliphatic heterocycles. The van der Waals surface area contributed by atoms with Gasteiger partial charge in [0.15, 0.2) is 23.1 Å². The van der Waals surface area contributed by atoms with Crippen molar-refractivity contribution < 1.29 is 23.4 Å². The Morgan fingerprint density at radius 1 is 1.03 bits per heavy atom. The molecule has 0 spiro atoms. The molecule has 152 valence electrons. The first-order valence-electron chi connectivity index (χ1n) is 8.79. The molecule has 3 aromatic rings. The summed E-state index contributed by atoms with van der Waals surface area (Å²) in [6.07, 6.45) is 0. The molecule has 0 bridgehead atoms. The molecule has 2 aromatic carbocycles. The molecule has 8 heteroatoms. The number of halogens is 1. The Labute approximate surface area is 172 Å². The molecule has 0 saturated heterocycles. The smallest absolute Gasteiger partial charge is 0.271 e. The van der Waals surface area contributed by atoms with Crippen LogP contribution >= 0.6 is 11.3 Å². The molecule has 0 saturated carbocycles. The van der Waals surface area contributed by atoms with E-state index in [0.717, 1.165) is 5.56 Å². The Balaban J connectivity index is 1.74. The van der Waals surface area contributed by atoms with Gasteiger partial charge in [-0.1, -0.05) is 6.07 Å². The number of thiazole rings is 1. The average molecular weight is 416 g/mol. The van der Waals surface area contributed by atoms with Crippen molar-refractivity contribution in [3.05, 3.63) is 58.9 Å². The SMILES string of the molecule is COc1ccc([C@@H](C)NC(=O)c2csc(-c3ccc(OC)c(OC)c3)n2)cc1F. The van der Waals surface area contributed by atoms with Crippen LogP contribution < -0.4 is 19.5 Å². The zero-order chi connectivity index (χ0) is 21.0. The van der Waals surface area contributed by atoms with Crippen LogP contribution in [0, 0.1) is 5.82 Å². The Kier molecular flexibility index (Phi) is 6.33. The molecule has 0 unspecified atom stereocenters. The zero-order valence-electron chi connectivity index (χ0n) is 16.5. The van der Waals surface area contributed by atoms with Crippen molar-refractivity contribution in [1.82, 2.24) is 10.3 Å². The van der Waals surface area contributed by atoms with Crippen LogP contribution in [0.1, 0.15) is 29.0 Å². The number of carbonyl (C=O) groups is 1. The molecule has 1 amide bonds. The van der Waals surface area contributed by atoms with E-state index in [0.29, 0.717) is 27.8 Å². The molecule has 0 aliphatic carbocycles. The molecule has 29 heavy (non-hydrogen) atoms. The van der Waals surface area contributed by atoms with E-state index >= 15 is 0 Å². The number of nitrogens with zero attached hydrogens (tertiary/aromatic N) is 1. The quantitative estimate of drug-likeness (QED) is 0.616. The maximum Gasteiger partial charge on any atom is 0.271 e. The largest absolute Gasteiger partial charge is 0.494 e. The number of carbonyl (C=O) groups excluding carboxylic acids is 1. The molecule has 0 radical (unpaired) electrons. The topological polar surface area (TPSA) is 69.7 Å². The third-order valence-corrected chi connectivity index (χ3v) is 5.28. The molecule has 1 atom stereocenters. The summed E-state index contributed by atoms with van der Waals surface area (Å²) in [6, 6.07) is 9.64. The van der Waals surface area contributed by atoms with Crippen molar-refractivity contribution in [3.63, 3.8) is 0 Å². The van der Waals surface area contributed by atoms with E-state index in [-0.39, 0.29) is 11.7 Å². The molecule has 1 heterocycles. The second-order valence-electron chi connectivity index (χ2n) is 6.20. The van der Waals surface area contributed by atoms with Gasteiger partial charge >= 0.3 is 0 Å². The van der Waals surface area contributed by atoms with Crippen LogP contribution in [-0.4, -0.2) is 32.2 Å². The average Bonchev–Trinajstić information content (AvgIpc) is 3.23. The van der Waals surface area contributed by atoms with Gasteiger partial charge in [-0.2, -0.15) is 0 Å². The molecular formula is C21H21FN2O4S. The Bertz CT molecular complexity index is 1020. The Hall–Kier alpha value is -3.13. The van der Waals surface area contributed by atoms with Crippen molar-refractivity contribution in [3.8, 4) is 27.8 Å². The standard InChI is InChI=1S/C21H21FN2O4S/c1-12(13-5-7-17(26-2)15(22)9-13)23-20(25)16-11-29-21(24-16)14-6-8-18(27-3)19(10-14)28-4/h5-12H,1-4H3,(H,23,25)/t12-/m1/s1. The third kappa shape index (κ3) is 4.48. The highest BCUT2D eigenvalue weighted by molar-refractivity contribution is 7.13. The lowest BCUT2D eigenvalue weighted by Crippen LogP contribution is -2.27. The first kappa shape index (κ1) is 20.6. The summed E-state index contributed by atoms with van der Waals surface area (Å²) in [5.74, 6) is 0.547. The minimum Gasteiger partial charge on any atom is -0.494 e. The van der Waals surface area contributed by atoms with E-state index in [9.17, 15) is 9.18 Å². The van der Waals surface area contributed by atoms with Crippen molar-refractivity contribution in [1.29, 1.82) is 0 Å². The first-order valence-corrected chi connectivity index (χ1v) is 9.67. The van der Waals surface area contributed by atoms with E-state index < -0.39 is 11.9 Å². The minimum atomic E-state index is -0.476. The molecule has 3 rings (SSSR count). The van der Waals surface area contributed by atoms with Gasteiger partial charge in [0.25, 0.3) is 5.91 Å². The highest BCUT2D eigenvalue weighted by Crippen LogP contribution is 2.33. The van der Waals surface area contributed by atoms with Crippen LogP contribution in [0.4, 0.5) is 4.39 Å². The van der Waals surface area contributed by atoms with Crippen LogP contribution in [0.3, 0.4) is 0 Å². The van der Waals surface area contributed by atoms with Crippen molar-refractivity contribution in [2.24, 2.45) is 0 Å². The summed E-state index contributed by atoms with van der Waals surface area (Å²) in [7, 11) is 4.53. The maximum atomic E-state index is 13.9. The summed E-state index contributed by atoms with van der Waals surface area (Å²) in [5, 5.41) is 5.20. The summed E-state index contributed by atoms with van der Waals surface area (Å²) in [5.41, 5.74) is 1.74. The molecule has 6 nitrogen and oxygen atoms in total. The van der Waals surface area contributed by atoms with E-state index in [2.05, 4.69) is 10.3 Å². The number of amides is 1. The summed E-state index contributed by atoms with van der Waals surface area (Å²) >= 11 is 1.35.